The first kappa shape index (κ1) is 22.6. The van der Waals surface area contributed by atoms with Gasteiger partial charge in [-0.15, -0.1) is 0 Å². The lowest BCUT2D eigenvalue weighted by atomic mass is 10.2. The van der Waals surface area contributed by atoms with Crippen LogP contribution in [0.25, 0.3) is 0 Å². The van der Waals surface area contributed by atoms with Crippen molar-refractivity contribution in [3.05, 3.63) is 42.0 Å². The molecule has 0 fully saturated rings. The number of hydrogen-bond donors (Lipinski definition) is 1. The molecule has 3 rings (SSSR count). The van der Waals surface area contributed by atoms with Crippen molar-refractivity contribution in [1.29, 1.82) is 0 Å². The van der Waals surface area contributed by atoms with Gasteiger partial charge in [-0.2, -0.15) is 0 Å². The van der Waals surface area contributed by atoms with Gasteiger partial charge < -0.3 is 19.7 Å². The molecular weight excluding hydrogens is 420 g/mol. The zero-order chi connectivity index (χ0) is 22.8. The highest BCUT2D eigenvalue weighted by Crippen LogP contribution is 2.34. The minimum absolute atomic E-state index is 0.0928. The molecule has 2 amide bonds. The fourth-order valence-corrected chi connectivity index (χ4v) is 5.04. The number of rotatable bonds is 7. The van der Waals surface area contributed by atoms with E-state index >= 15 is 0 Å². The molecule has 0 bridgehead atoms. The Labute approximate surface area is 182 Å². The highest BCUT2D eigenvalue weighted by atomic mass is 32.2. The van der Waals surface area contributed by atoms with Gasteiger partial charge in [0, 0.05) is 24.7 Å². The van der Waals surface area contributed by atoms with Crippen LogP contribution < -0.4 is 19.7 Å². The van der Waals surface area contributed by atoms with Gasteiger partial charge in [-0.3, -0.25) is 9.59 Å². The molecule has 1 atom stereocenters. The third kappa shape index (κ3) is 4.66. The van der Waals surface area contributed by atoms with E-state index in [1.165, 1.54) is 13.0 Å². The van der Waals surface area contributed by atoms with Crippen LogP contribution in [0, 0.1) is 6.92 Å². The molecule has 2 aromatic carbocycles. The van der Waals surface area contributed by atoms with Crippen molar-refractivity contribution in [3.63, 3.8) is 0 Å². The maximum atomic E-state index is 13.2. The summed E-state index contributed by atoms with van der Waals surface area (Å²) in [7, 11) is -2.25. The molecule has 31 heavy (non-hydrogen) atoms. The van der Waals surface area contributed by atoms with Gasteiger partial charge in [0.25, 0.3) is 5.91 Å². The lowest BCUT2D eigenvalue weighted by Gasteiger charge is -2.24. The summed E-state index contributed by atoms with van der Waals surface area (Å²) < 4.78 is 37.0. The monoisotopic (exact) mass is 446 g/mol. The molecule has 0 aliphatic carbocycles. The lowest BCUT2D eigenvalue weighted by Crippen LogP contribution is -2.35. The zero-order valence-corrected chi connectivity index (χ0v) is 18.8. The fourth-order valence-electron chi connectivity index (χ4n) is 3.47. The highest BCUT2D eigenvalue weighted by Gasteiger charge is 2.31. The minimum atomic E-state index is -3.81. The number of carbonyl (C=O) groups excluding carboxylic acids is 2. The summed E-state index contributed by atoms with van der Waals surface area (Å²) in [6.07, 6.45) is -0.170. The van der Waals surface area contributed by atoms with Crippen molar-refractivity contribution in [2.24, 2.45) is 0 Å². The van der Waals surface area contributed by atoms with E-state index in [9.17, 15) is 18.0 Å². The van der Waals surface area contributed by atoms with Crippen LogP contribution >= 0.6 is 0 Å². The molecule has 0 aromatic heterocycles. The Kier molecular flexibility index (Phi) is 6.54. The quantitative estimate of drug-likeness (QED) is 0.702. The largest absolute Gasteiger partial charge is 0.497 e. The number of aryl methyl sites for hydroxylation is 1. The smallest absolute Gasteiger partial charge is 0.262 e. The molecule has 1 N–H and O–H groups in total. The number of amides is 2. The molecule has 9 heteroatoms. The molecular formula is C22H26N2O6S. The predicted molar refractivity (Wildman–Crippen MR) is 118 cm³/mol. The zero-order valence-electron chi connectivity index (χ0n) is 18.0. The normalized spacial score (nSPS) is 14.1. The van der Waals surface area contributed by atoms with Crippen LogP contribution in [0.15, 0.2) is 41.3 Å². The summed E-state index contributed by atoms with van der Waals surface area (Å²) in [4.78, 5) is 26.1. The Morgan fingerprint density at radius 2 is 1.94 bits per heavy atom. The predicted octanol–water partition coefficient (Wildman–Crippen LogP) is 2.94. The summed E-state index contributed by atoms with van der Waals surface area (Å²) in [5.74, 6) is 0.391. The molecule has 0 saturated heterocycles. The van der Waals surface area contributed by atoms with E-state index in [1.807, 2.05) is 6.92 Å². The molecule has 1 unspecified atom stereocenters. The molecule has 1 aliphatic rings. The van der Waals surface area contributed by atoms with Crippen molar-refractivity contribution in [2.75, 3.05) is 30.5 Å². The highest BCUT2D eigenvalue weighted by molar-refractivity contribution is 7.92. The molecule has 0 spiro atoms. The number of nitrogens with zero attached hydrogens (tertiary/aromatic N) is 1. The number of anilines is 2. The Morgan fingerprint density at radius 1 is 1.26 bits per heavy atom. The summed E-state index contributed by atoms with van der Waals surface area (Å²) in [5.41, 5.74) is 1.59. The van der Waals surface area contributed by atoms with Crippen molar-refractivity contribution >= 4 is 33.0 Å². The van der Waals surface area contributed by atoms with E-state index in [2.05, 4.69) is 5.32 Å². The first-order valence-corrected chi connectivity index (χ1v) is 11.5. The first-order valence-electron chi connectivity index (χ1n) is 9.93. The van der Waals surface area contributed by atoms with E-state index in [4.69, 9.17) is 9.47 Å². The van der Waals surface area contributed by atoms with Gasteiger partial charge in [0.05, 0.1) is 22.9 Å². The van der Waals surface area contributed by atoms with Gasteiger partial charge in [-0.25, -0.2) is 8.42 Å². The molecule has 1 aliphatic heterocycles. The van der Waals surface area contributed by atoms with Gasteiger partial charge in [0.15, 0.2) is 16.4 Å². The average Bonchev–Trinajstić information content (AvgIpc) is 2.74. The molecule has 1 heterocycles. The Hall–Kier alpha value is -3.07. The summed E-state index contributed by atoms with van der Waals surface area (Å²) in [5, 5.41) is 1.72. The van der Waals surface area contributed by atoms with Crippen molar-refractivity contribution in [2.45, 2.75) is 37.3 Å². The number of fused-ring (bicyclic) bond motifs is 1. The number of methoxy groups -OCH3 is 1. The van der Waals surface area contributed by atoms with Crippen LogP contribution in [-0.4, -0.2) is 45.7 Å². The average molecular weight is 447 g/mol. The number of ether oxygens (including phenoxy) is 2. The van der Waals surface area contributed by atoms with Gasteiger partial charge in [0.1, 0.15) is 11.5 Å². The maximum Gasteiger partial charge on any atom is 0.262 e. The molecule has 0 saturated carbocycles. The number of benzene rings is 2. The van der Waals surface area contributed by atoms with Gasteiger partial charge in [0.2, 0.25) is 5.91 Å². The Balaban J connectivity index is 1.82. The summed E-state index contributed by atoms with van der Waals surface area (Å²) >= 11 is 0. The Morgan fingerprint density at radius 3 is 2.55 bits per heavy atom. The molecule has 8 nitrogen and oxygen atoms in total. The topological polar surface area (TPSA) is 102 Å². The van der Waals surface area contributed by atoms with E-state index in [1.54, 1.807) is 49.3 Å². The molecule has 2 aromatic rings. The van der Waals surface area contributed by atoms with Crippen molar-refractivity contribution < 1.29 is 27.5 Å². The van der Waals surface area contributed by atoms with Crippen LogP contribution in [-0.2, 0) is 19.4 Å². The molecule has 0 radical (unpaired) electrons. The minimum Gasteiger partial charge on any atom is -0.497 e. The lowest BCUT2D eigenvalue weighted by molar-refractivity contribution is -0.119. The maximum absolute atomic E-state index is 13.2. The number of sulfone groups is 1. The SMILES string of the molecule is CCN(C(=O)CC(C)S(=O)(=O)c1cc2c(cc1C)NC(=O)CO2)c1ccc(OC)cc1. The summed E-state index contributed by atoms with van der Waals surface area (Å²) in [6.45, 7) is 5.25. The molecule has 166 valence electrons. The second kappa shape index (κ2) is 8.97. The second-order valence-electron chi connectivity index (χ2n) is 7.35. The van der Waals surface area contributed by atoms with Crippen LogP contribution in [0.4, 0.5) is 11.4 Å². The van der Waals surface area contributed by atoms with Crippen LogP contribution in [0.2, 0.25) is 0 Å². The van der Waals surface area contributed by atoms with Crippen molar-refractivity contribution in [1.82, 2.24) is 0 Å². The number of hydrogen-bond acceptors (Lipinski definition) is 6. The fraction of sp³-hybridized carbons (Fsp3) is 0.364. The Bertz CT molecular complexity index is 1100. The number of nitrogens with one attached hydrogen (secondary N) is 1. The van der Waals surface area contributed by atoms with Gasteiger partial charge >= 0.3 is 0 Å². The van der Waals surface area contributed by atoms with E-state index < -0.39 is 15.1 Å². The van der Waals surface area contributed by atoms with E-state index in [0.29, 0.717) is 35.0 Å². The third-order valence-electron chi connectivity index (χ3n) is 5.21. The van der Waals surface area contributed by atoms with Crippen LogP contribution in [0.3, 0.4) is 0 Å². The third-order valence-corrected chi connectivity index (χ3v) is 7.49. The second-order valence-corrected chi connectivity index (χ2v) is 9.68. The van der Waals surface area contributed by atoms with E-state index in [-0.39, 0.29) is 29.7 Å². The van der Waals surface area contributed by atoms with Crippen molar-refractivity contribution in [3.8, 4) is 11.5 Å². The van der Waals surface area contributed by atoms with Crippen LogP contribution in [0.5, 0.6) is 11.5 Å². The number of carbonyl (C=O) groups is 2. The first-order chi connectivity index (χ1) is 14.7. The van der Waals surface area contributed by atoms with E-state index in [0.717, 1.165) is 0 Å². The van der Waals surface area contributed by atoms with Crippen LogP contribution in [0.1, 0.15) is 25.8 Å². The standard InChI is InChI=1S/C22H26N2O6S/c1-5-24(16-6-8-17(29-4)9-7-16)22(26)11-15(3)31(27,28)20-12-19-18(10-14(20)2)23-21(25)13-30-19/h6-10,12,15H,5,11,13H2,1-4H3,(H,23,25). The summed E-state index contributed by atoms with van der Waals surface area (Å²) in [6, 6.07) is 10.0. The van der Waals surface area contributed by atoms with Gasteiger partial charge in [-0.05, 0) is 56.7 Å². The van der Waals surface area contributed by atoms with Gasteiger partial charge in [-0.1, -0.05) is 0 Å².